The quantitative estimate of drug-likeness (QED) is 0.720. The average molecular weight is 345 g/mol. The summed E-state index contributed by atoms with van der Waals surface area (Å²) in [6.07, 6.45) is 0. The summed E-state index contributed by atoms with van der Waals surface area (Å²) in [5, 5.41) is 8.06. The molecule has 0 radical (unpaired) electrons. The van der Waals surface area contributed by atoms with Crippen LogP contribution >= 0.6 is 0 Å². The Morgan fingerprint density at radius 3 is 2.68 bits per heavy atom. The van der Waals surface area contributed by atoms with E-state index >= 15 is 0 Å². The first-order chi connectivity index (χ1) is 12.0. The van der Waals surface area contributed by atoms with E-state index in [4.69, 9.17) is 4.74 Å². The van der Waals surface area contributed by atoms with Crippen molar-refractivity contribution in [2.45, 2.75) is 13.5 Å². The average Bonchev–Trinajstić information content (AvgIpc) is 2.60. The lowest BCUT2D eigenvalue weighted by Crippen LogP contribution is -2.29. The normalized spacial score (nSPS) is 10.0. The zero-order chi connectivity index (χ0) is 18.2. The van der Waals surface area contributed by atoms with Crippen LogP contribution in [0.25, 0.3) is 0 Å². The molecule has 0 heterocycles. The Hall–Kier alpha value is -3.09. The van der Waals surface area contributed by atoms with E-state index in [1.807, 2.05) is 24.3 Å². The molecule has 132 valence electrons. The first kappa shape index (κ1) is 18.3. The zero-order valence-corrected chi connectivity index (χ0v) is 14.1. The Kier molecular flexibility index (Phi) is 6.33. The molecule has 0 saturated carbocycles. The summed E-state index contributed by atoms with van der Waals surface area (Å²) < 4.78 is 18.7. The second-order valence-electron chi connectivity index (χ2n) is 5.36. The van der Waals surface area contributed by atoms with Gasteiger partial charge < -0.3 is 20.7 Å². The molecule has 0 aliphatic rings. The summed E-state index contributed by atoms with van der Waals surface area (Å²) in [4.78, 5) is 23.0. The van der Waals surface area contributed by atoms with Gasteiger partial charge in [0.25, 0.3) is 0 Å². The molecular formula is C18H20FN3O3. The third kappa shape index (κ3) is 5.80. The second kappa shape index (κ2) is 8.68. The van der Waals surface area contributed by atoms with E-state index in [2.05, 4.69) is 16.0 Å². The molecule has 0 aliphatic heterocycles. The minimum atomic E-state index is -0.539. The van der Waals surface area contributed by atoms with E-state index in [1.54, 1.807) is 7.11 Å². The van der Waals surface area contributed by atoms with Crippen molar-refractivity contribution in [1.82, 2.24) is 5.32 Å². The Labute approximate surface area is 145 Å². The molecule has 0 aliphatic carbocycles. The summed E-state index contributed by atoms with van der Waals surface area (Å²) in [7, 11) is 1.58. The lowest BCUT2D eigenvalue weighted by Gasteiger charge is -2.10. The van der Waals surface area contributed by atoms with Gasteiger partial charge in [-0.25, -0.2) is 4.39 Å². The molecule has 0 atom stereocenters. The summed E-state index contributed by atoms with van der Waals surface area (Å²) in [6.45, 7) is 1.69. The summed E-state index contributed by atoms with van der Waals surface area (Å²) in [6, 6.07) is 11.6. The number of rotatable bonds is 7. The Morgan fingerprint density at radius 1 is 1.16 bits per heavy atom. The predicted molar refractivity (Wildman–Crippen MR) is 94.0 cm³/mol. The van der Waals surface area contributed by atoms with Crippen LogP contribution in [0.4, 0.5) is 15.8 Å². The van der Waals surface area contributed by atoms with Crippen LogP contribution in [-0.2, 0) is 16.1 Å². The van der Waals surface area contributed by atoms with Crippen molar-refractivity contribution in [3.63, 3.8) is 0 Å². The minimum Gasteiger partial charge on any atom is -0.497 e. The number of anilines is 2. The molecule has 6 nitrogen and oxygen atoms in total. The van der Waals surface area contributed by atoms with Gasteiger partial charge in [0.15, 0.2) is 0 Å². The van der Waals surface area contributed by atoms with Crippen molar-refractivity contribution in [2.75, 3.05) is 24.3 Å². The number of ether oxygens (including phenoxy) is 1. The van der Waals surface area contributed by atoms with Gasteiger partial charge in [0.1, 0.15) is 11.6 Å². The molecule has 0 unspecified atom stereocenters. The minimum absolute atomic E-state index is 0.0229. The topological polar surface area (TPSA) is 79.5 Å². The van der Waals surface area contributed by atoms with Gasteiger partial charge in [0, 0.05) is 19.2 Å². The summed E-state index contributed by atoms with van der Waals surface area (Å²) in [5.41, 5.74) is 1.51. The molecule has 2 aromatic rings. The number of carbonyl (C=O) groups is 2. The molecule has 7 heteroatoms. The molecule has 2 amide bonds. The Balaban J connectivity index is 1.86. The highest BCUT2D eigenvalue weighted by Gasteiger charge is 2.07. The van der Waals surface area contributed by atoms with Crippen molar-refractivity contribution in [1.29, 1.82) is 0 Å². The Morgan fingerprint density at radius 2 is 1.96 bits per heavy atom. The SMILES string of the molecule is COc1cccc(CNC(=O)CNc2ccc(F)c(NC(C)=O)c2)c1. The zero-order valence-electron chi connectivity index (χ0n) is 14.1. The number of amides is 2. The first-order valence-corrected chi connectivity index (χ1v) is 7.68. The number of hydrogen-bond acceptors (Lipinski definition) is 4. The lowest BCUT2D eigenvalue weighted by molar-refractivity contribution is -0.119. The van der Waals surface area contributed by atoms with Gasteiger partial charge in [-0.05, 0) is 35.9 Å². The highest BCUT2D eigenvalue weighted by Crippen LogP contribution is 2.19. The molecule has 25 heavy (non-hydrogen) atoms. The van der Waals surface area contributed by atoms with Gasteiger partial charge >= 0.3 is 0 Å². The van der Waals surface area contributed by atoms with Crippen molar-refractivity contribution in [3.8, 4) is 5.75 Å². The standard InChI is InChI=1S/C18H20FN3O3/c1-12(23)22-17-9-14(6-7-16(17)19)20-11-18(24)21-10-13-4-3-5-15(8-13)25-2/h3-9,20H,10-11H2,1-2H3,(H,21,24)(H,22,23). The van der Waals surface area contributed by atoms with E-state index < -0.39 is 5.82 Å². The maximum absolute atomic E-state index is 13.6. The van der Waals surface area contributed by atoms with Crippen molar-refractivity contribution in [3.05, 3.63) is 53.8 Å². The molecular weight excluding hydrogens is 325 g/mol. The number of benzene rings is 2. The van der Waals surface area contributed by atoms with Crippen molar-refractivity contribution < 1.29 is 18.7 Å². The van der Waals surface area contributed by atoms with Crippen molar-refractivity contribution >= 4 is 23.2 Å². The third-order valence-corrected chi connectivity index (χ3v) is 3.35. The molecule has 0 spiro atoms. The molecule has 0 fully saturated rings. The van der Waals surface area contributed by atoms with Crippen LogP contribution < -0.4 is 20.7 Å². The van der Waals surface area contributed by atoms with Gasteiger partial charge in [-0.3, -0.25) is 9.59 Å². The number of hydrogen-bond donors (Lipinski definition) is 3. The predicted octanol–water partition coefficient (Wildman–Crippen LogP) is 2.52. The van der Waals surface area contributed by atoms with Crippen LogP contribution in [0.3, 0.4) is 0 Å². The van der Waals surface area contributed by atoms with E-state index in [1.165, 1.54) is 25.1 Å². The maximum atomic E-state index is 13.6. The number of carbonyl (C=O) groups excluding carboxylic acids is 2. The number of nitrogens with one attached hydrogen (secondary N) is 3. The largest absolute Gasteiger partial charge is 0.497 e. The molecule has 0 saturated heterocycles. The van der Waals surface area contributed by atoms with Crippen LogP contribution in [0.15, 0.2) is 42.5 Å². The third-order valence-electron chi connectivity index (χ3n) is 3.35. The van der Waals surface area contributed by atoms with Crippen LogP contribution in [0.5, 0.6) is 5.75 Å². The fraction of sp³-hybridized carbons (Fsp3) is 0.222. The summed E-state index contributed by atoms with van der Waals surface area (Å²) >= 11 is 0. The fourth-order valence-electron chi connectivity index (χ4n) is 2.15. The van der Waals surface area contributed by atoms with Gasteiger partial charge in [-0.1, -0.05) is 12.1 Å². The molecule has 3 N–H and O–H groups in total. The van der Waals surface area contributed by atoms with Crippen LogP contribution in [-0.4, -0.2) is 25.5 Å². The van der Waals surface area contributed by atoms with E-state index in [0.717, 1.165) is 11.3 Å². The maximum Gasteiger partial charge on any atom is 0.239 e. The molecule has 2 aromatic carbocycles. The monoisotopic (exact) mass is 345 g/mol. The summed E-state index contributed by atoms with van der Waals surface area (Å²) in [5.74, 6) is -0.398. The number of halogens is 1. The van der Waals surface area contributed by atoms with E-state index in [-0.39, 0.29) is 24.0 Å². The highest BCUT2D eigenvalue weighted by molar-refractivity contribution is 5.89. The van der Waals surface area contributed by atoms with Gasteiger partial charge in [-0.2, -0.15) is 0 Å². The van der Waals surface area contributed by atoms with Crippen LogP contribution in [0, 0.1) is 5.82 Å². The van der Waals surface area contributed by atoms with Crippen molar-refractivity contribution in [2.24, 2.45) is 0 Å². The highest BCUT2D eigenvalue weighted by atomic mass is 19.1. The van der Waals surface area contributed by atoms with E-state index in [0.29, 0.717) is 12.2 Å². The number of methoxy groups -OCH3 is 1. The fourth-order valence-corrected chi connectivity index (χ4v) is 2.15. The molecule has 0 aromatic heterocycles. The second-order valence-corrected chi connectivity index (χ2v) is 5.36. The Bertz CT molecular complexity index is 765. The van der Waals surface area contributed by atoms with E-state index in [9.17, 15) is 14.0 Å². The van der Waals surface area contributed by atoms with Crippen LogP contribution in [0.2, 0.25) is 0 Å². The van der Waals surface area contributed by atoms with Crippen LogP contribution in [0.1, 0.15) is 12.5 Å². The smallest absolute Gasteiger partial charge is 0.239 e. The first-order valence-electron chi connectivity index (χ1n) is 7.68. The van der Waals surface area contributed by atoms with Gasteiger partial charge in [-0.15, -0.1) is 0 Å². The molecule has 0 bridgehead atoms. The molecule has 2 rings (SSSR count). The lowest BCUT2D eigenvalue weighted by atomic mass is 10.2. The van der Waals surface area contributed by atoms with Gasteiger partial charge in [0.2, 0.25) is 11.8 Å². The van der Waals surface area contributed by atoms with Gasteiger partial charge in [0.05, 0.1) is 19.3 Å².